The van der Waals surface area contributed by atoms with E-state index in [0.717, 1.165) is 0 Å². The highest BCUT2D eigenvalue weighted by atomic mass is 35.5. The number of hydrogen-bond acceptors (Lipinski definition) is 6. The molecule has 1 aromatic heterocycles. The Morgan fingerprint density at radius 2 is 2.31 bits per heavy atom. The average Bonchev–Trinajstić information content (AvgIpc) is 2.12. The summed E-state index contributed by atoms with van der Waals surface area (Å²) in [4.78, 5) is 9.53. The highest BCUT2D eigenvalue weighted by Crippen LogP contribution is 2.29. The van der Waals surface area contributed by atoms with Crippen LogP contribution in [0.4, 0.5) is 11.8 Å². The molecule has 84 valence electrons. The monoisotopic (exact) mass is 239 g/mol. The van der Waals surface area contributed by atoms with Crippen LogP contribution in [0.1, 0.15) is 6.42 Å². The molecule has 1 aromatic rings. The minimum Gasteiger partial charge on any atom is -0.385 e. The van der Waals surface area contributed by atoms with Crippen LogP contribution in [0.2, 0.25) is 5.15 Å². The third kappa shape index (κ3) is 2.01. The Hall–Kier alpha value is -1.58. The zero-order chi connectivity index (χ0) is 11.8. The van der Waals surface area contributed by atoms with Crippen LogP contribution >= 0.6 is 11.6 Å². The van der Waals surface area contributed by atoms with Gasteiger partial charge in [0.15, 0.2) is 0 Å². The molecule has 7 heteroatoms. The van der Waals surface area contributed by atoms with E-state index >= 15 is 0 Å². The second-order valence-electron chi connectivity index (χ2n) is 3.82. The van der Waals surface area contributed by atoms with Crippen LogP contribution in [0, 0.1) is 11.3 Å². The number of anilines is 2. The van der Waals surface area contributed by atoms with Crippen LogP contribution in [0.3, 0.4) is 0 Å². The van der Waals surface area contributed by atoms with Crippen molar-refractivity contribution < 1.29 is 5.11 Å². The van der Waals surface area contributed by atoms with Crippen molar-refractivity contribution in [1.82, 2.24) is 9.97 Å². The summed E-state index contributed by atoms with van der Waals surface area (Å²) in [5, 5.41) is 18.6. The molecule has 1 fully saturated rings. The van der Waals surface area contributed by atoms with Gasteiger partial charge in [0, 0.05) is 6.07 Å². The number of β-amino-alcohol motifs (C(OH)–C–C–N with tert-alkyl or cyclic N) is 1. The van der Waals surface area contributed by atoms with E-state index in [2.05, 4.69) is 9.97 Å². The van der Waals surface area contributed by atoms with Crippen LogP contribution in [0.5, 0.6) is 0 Å². The van der Waals surface area contributed by atoms with Crippen LogP contribution in [0.25, 0.3) is 0 Å². The van der Waals surface area contributed by atoms with E-state index in [4.69, 9.17) is 22.6 Å². The largest absolute Gasteiger partial charge is 0.385 e. The molecule has 0 saturated carbocycles. The molecule has 0 amide bonds. The second-order valence-corrected chi connectivity index (χ2v) is 4.21. The highest BCUT2D eigenvalue weighted by molar-refractivity contribution is 6.29. The zero-order valence-corrected chi connectivity index (χ0v) is 9.15. The van der Waals surface area contributed by atoms with E-state index in [-0.39, 0.29) is 17.5 Å². The fourth-order valence-electron chi connectivity index (χ4n) is 1.67. The van der Waals surface area contributed by atoms with Gasteiger partial charge in [0.05, 0.1) is 25.6 Å². The molecular formula is C9H10ClN5O. The van der Waals surface area contributed by atoms with Crippen LogP contribution in [-0.2, 0) is 0 Å². The number of hydrogen-bond donors (Lipinski definition) is 2. The van der Waals surface area contributed by atoms with E-state index in [9.17, 15) is 5.11 Å². The summed E-state index contributed by atoms with van der Waals surface area (Å²) in [7, 11) is 0. The zero-order valence-electron chi connectivity index (χ0n) is 8.39. The van der Waals surface area contributed by atoms with Crippen molar-refractivity contribution in [3.05, 3.63) is 11.2 Å². The topological polar surface area (TPSA) is 99.1 Å². The first kappa shape index (κ1) is 10.9. The van der Waals surface area contributed by atoms with Gasteiger partial charge in [0.2, 0.25) is 5.95 Å². The Morgan fingerprint density at radius 3 is 2.88 bits per heavy atom. The Bertz CT molecular complexity index is 431. The van der Waals surface area contributed by atoms with Crippen LogP contribution in [-0.4, -0.2) is 33.8 Å². The molecule has 16 heavy (non-hydrogen) atoms. The first-order chi connectivity index (χ1) is 7.52. The van der Waals surface area contributed by atoms with Gasteiger partial charge in [-0.1, -0.05) is 11.6 Å². The minimum atomic E-state index is -0.944. The number of nitrogens with two attached hydrogens (primary N) is 1. The molecule has 2 heterocycles. The second kappa shape index (κ2) is 3.77. The van der Waals surface area contributed by atoms with Gasteiger partial charge in [-0.15, -0.1) is 0 Å². The molecule has 0 spiro atoms. The van der Waals surface area contributed by atoms with E-state index in [1.54, 1.807) is 11.0 Å². The molecule has 0 aliphatic carbocycles. The Balaban J connectivity index is 2.10. The summed E-state index contributed by atoms with van der Waals surface area (Å²) in [6.07, 6.45) is 0.109. The molecule has 1 aliphatic heterocycles. The maximum absolute atomic E-state index is 9.81. The summed E-state index contributed by atoms with van der Waals surface area (Å²) in [5.74, 6) is 0.665. The SMILES string of the molecule is N#CCC1(O)CN(c2cc(Cl)nc(N)n2)C1. The van der Waals surface area contributed by atoms with Gasteiger partial charge >= 0.3 is 0 Å². The predicted molar refractivity (Wildman–Crippen MR) is 58.8 cm³/mol. The lowest BCUT2D eigenvalue weighted by Gasteiger charge is -2.45. The Labute approximate surface area is 97.3 Å². The van der Waals surface area contributed by atoms with Crippen molar-refractivity contribution >= 4 is 23.4 Å². The lowest BCUT2D eigenvalue weighted by atomic mass is 9.91. The van der Waals surface area contributed by atoms with Crippen LogP contribution in [0.15, 0.2) is 6.07 Å². The maximum atomic E-state index is 9.81. The summed E-state index contributed by atoms with van der Waals surface area (Å²) >= 11 is 5.73. The maximum Gasteiger partial charge on any atom is 0.223 e. The van der Waals surface area contributed by atoms with E-state index in [0.29, 0.717) is 18.9 Å². The van der Waals surface area contributed by atoms with Gasteiger partial charge in [-0.2, -0.15) is 10.2 Å². The fourth-order valence-corrected chi connectivity index (χ4v) is 1.85. The highest BCUT2D eigenvalue weighted by Gasteiger charge is 2.41. The normalized spacial score (nSPS) is 17.7. The third-order valence-corrected chi connectivity index (χ3v) is 2.59. The number of nitrogen functional groups attached to an aromatic ring is 1. The molecule has 6 nitrogen and oxygen atoms in total. The van der Waals surface area contributed by atoms with Gasteiger partial charge in [-0.3, -0.25) is 0 Å². The number of halogens is 1. The molecule has 2 rings (SSSR count). The molecule has 0 atom stereocenters. The lowest BCUT2D eigenvalue weighted by molar-refractivity contribution is 0.0162. The van der Waals surface area contributed by atoms with Crippen molar-refractivity contribution in [2.75, 3.05) is 23.7 Å². The summed E-state index contributed by atoms with van der Waals surface area (Å²) in [6.45, 7) is 0.709. The lowest BCUT2D eigenvalue weighted by Crippen LogP contribution is -2.62. The molecule has 1 saturated heterocycles. The van der Waals surface area contributed by atoms with Crippen molar-refractivity contribution in [1.29, 1.82) is 5.26 Å². The van der Waals surface area contributed by atoms with E-state index in [1.807, 2.05) is 6.07 Å². The van der Waals surface area contributed by atoms with Crippen molar-refractivity contribution in [2.45, 2.75) is 12.0 Å². The summed E-state index contributed by atoms with van der Waals surface area (Å²) < 4.78 is 0. The van der Waals surface area contributed by atoms with Crippen molar-refractivity contribution in [2.24, 2.45) is 0 Å². The van der Waals surface area contributed by atoms with Crippen molar-refractivity contribution in [3.8, 4) is 6.07 Å². The first-order valence-corrected chi connectivity index (χ1v) is 5.04. The smallest absolute Gasteiger partial charge is 0.223 e. The van der Waals surface area contributed by atoms with Gasteiger partial charge in [0.25, 0.3) is 0 Å². The van der Waals surface area contributed by atoms with Crippen molar-refractivity contribution in [3.63, 3.8) is 0 Å². The Kier molecular flexibility index (Phi) is 2.58. The number of nitrogens with zero attached hydrogens (tertiary/aromatic N) is 4. The predicted octanol–water partition coefficient (Wildman–Crippen LogP) is 0.177. The van der Waals surface area contributed by atoms with Gasteiger partial charge < -0.3 is 15.7 Å². The molecule has 0 radical (unpaired) electrons. The minimum absolute atomic E-state index is 0.0956. The molecule has 1 aliphatic rings. The van der Waals surface area contributed by atoms with Gasteiger partial charge in [-0.25, -0.2) is 4.98 Å². The van der Waals surface area contributed by atoms with E-state index in [1.165, 1.54) is 0 Å². The van der Waals surface area contributed by atoms with E-state index < -0.39 is 5.60 Å². The number of rotatable bonds is 2. The third-order valence-electron chi connectivity index (χ3n) is 2.40. The number of aromatic nitrogens is 2. The standard InChI is InChI=1S/C9H10ClN5O/c10-6-3-7(14-8(12)13-6)15-4-9(16,5-15)1-2-11/h3,16H,1,4-5H2,(H2,12,13,14). The summed E-state index contributed by atoms with van der Waals surface area (Å²) in [6, 6.07) is 3.52. The summed E-state index contributed by atoms with van der Waals surface area (Å²) in [5.41, 5.74) is 4.51. The number of nitriles is 1. The molecule has 3 N–H and O–H groups in total. The van der Waals surface area contributed by atoms with Crippen LogP contribution < -0.4 is 10.6 Å². The fraction of sp³-hybridized carbons (Fsp3) is 0.444. The first-order valence-electron chi connectivity index (χ1n) is 4.67. The molecule has 0 bridgehead atoms. The molecule has 0 unspecified atom stereocenters. The molecular weight excluding hydrogens is 230 g/mol. The van der Waals surface area contributed by atoms with Gasteiger partial charge in [0.1, 0.15) is 16.6 Å². The quantitative estimate of drug-likeness (QED) is 0.714. The number of aliphatic hydroxyl groups is 1. The Morgan fingerprint density at radius 1 is 1.62 bits per heavy atom. The molecule has 0 aromatic carbocycles. The van der Waals surface area contributed by atoms with Gasteiger partial charge in [-0.05, 0) is 0 Å². The average molecular weight is 240 g/mol.